The normalized spacial score (nSPS) is 12.5. The molecule has 0 unspecified atom stereocenters. The molecule has 0 radical (unpaired) electrons. The first-order valence-electron chi connectivity index (χ1n) is 8.47. The average molecular weight is 413 g/mol. The van der Waals surface area contributed by atoms with Crippen molar-refractivity contribution in [2.24, 2.45) is 0 Å². The quantitative estimate of drug-likeness (QED) is 0.612. The number of aromatic nitrogens is 3. The lowest BCUT2D eigenvalue weighted by Crippen LogP contribution is -2.23. The zero-order chi connectivity index (χ0) is 20.5. The van der Waals surface area contributed by atoms with Crippen LogP contribution in [-0.4, -0.2) is 29.3 Å². The van der Waals surface area contributed by atoms with E-state index in [9.17, 15) is 21.6 Å². The van der Waals surface area contributed by atoms with E-state index in [1.807, 2.05) is 0 Å². The van der Waals surface area contributed by atoms with Crippen molar-refractivity contribution < 1.29 is 26.1 Å². The molecule has 1 aromatic carbocycles. The monoisotopic (exact) mass is 413 g/mol. The molecule has 6 nitrogen and oxygen atoms in total. The summed E-state index contributed by atoms with van der Waals surface area (Å²) in [5, 5.41) is 3.17. The summed E-state index contributed by atoms with van der Waals surface area (Å²) in [7, 11) is -4.18. The topological polar surface area (TPSA) is 78.0 Å². The van der Waals surface area contributed by atoms with Crippen LogP contribution in [0.3, 0.4) is 0 Å². The van der Waals surface area contributed by atoms with Gasteiger partial charge >= 0.3 is 6.18 Å². The van der Waals surface area contributed by atoms with Gasteiger partial charge in [0.2, 0.25) is 15.0 Å². The van der Waals surface area contributed by atoms with Gasteiger partial charge in [0.15, 0.2) is 0 Å². The van der Waals surface area contributed by atoms with Crippen molar-refractivity contribution in [3.05, 3.63) is 53.5 Å². The SMILES string of the molecule is CCc1noc(C)c1CS(=O)(=O)c1ncc(-c2ccccc2)n1CC(F)(F)F. The highest BCUT2D eigenvalue weighted by molar-refractivity contribution is 7.90. The summed E-state index contributed by atoms with van der Waals surface area (Å²) in [5.41, 5.74) is 1.33. The number of hydrogen-bond acceptors (Lipinski definition) is 5. The van der Waals surface area contributed by atoms with Gasteiger partial charge in [-0.25, -0.2) is 13.4 Å². The number of halogens is 3. The molecule has 2 aromatic heterocycles. The molecule has 0 aliphatic heterocycles. The van der Waals surface area contributed by atoms with Gasteiger partial charge in [0, 0.05) is 5.56 Å². The molecule has 28 heavy (non-hydrogen) atoms. The van der Waals surface area contributed by atoms with E-state index in [2.05, 4.69) is 10.1 Å². The van der Waals surface area contributed by atoms with Gasteiger partial charge in [-0.15, -0.1) is 0 Å². The van der Waals surface area contributed by atoms with Crippen LogP contribution in [0.2, 0.25) is 0 Å². The lowest BCUT2D eigenvalue weighted by atomic mass is 10.2. The van der Waals surface area contributed by atoms with Crippen LogP contribution < -0.4 is 0 Å². The van der Waals surface area contributed by atoms with E-state index < -0.39 is 33.5 Å². The summed E-state index contributed by atoms with van der Waals surface area (Å²) in [5.74, 6) is -0.216. The number of imidazole rings is 1. The van der Waals surface area contributed by atoms with Crippen molar-refractivity contribution in [3.8, 4) is 11.3 Å². The van der Waals surface area contributed by atoms with E-state index in [-0.39, 0.29) is 5.69 Å². The van der Waals surface area contributed by atoms with Crippen LogP contribution in [0.1, 0.15) is 23.9 Å². The molecule has 0 N–H and O–H groups in total. The molecule has 0 bridgehead atoms. The fourth-order valence-electron chi connectivity index (χ4n) is 2.93. The number of aryl methyl sites for hydroxylation is 2. The molecule has 0 spiro atoms. The molecule has 0 amide bonds. The Kier molecular flexibility index (Phi) is 5.33. The highest BCUT2D eigenvalue weighted by Crippen LogP contribution is 2.29. The predicted octanol–water partition coefficient (Wildman–Crippen LogP) is 3.95. The van der Waals surface area contributed by atoms with Crippen LogP contribution in [0.5, 0.6) is 0 Å². The second-order valence-electron chi connectivity index (χ2n) is 6.27. The van der Waals surface area contributed by atoms with Gasteiger partial charge in [-0.1, -0.05) is 42.4 Å². The van der Waals surface area contributed by atoms with Gasteiger partial charge < -0.3 is 9.09 Å². The Hall–Kier alpha value is -2.62. The molecule has 0 saturated carbocycles. The third-order valence-corrected chi connectivity index (χ3v) is 5.79. The van der Waals surface area contributed by atoms with Gasteiger partial charge in [0.05, 0.1) is 23.3 Å². The Labute approximate surface area is 159 Å². The maximum absolute atomic E-state index is 13.2. The molecule has 150 valence electrons. The first-order chi connectivity index (χ1) is 13.1. The second-order valence-corrected chi connectivity index (χ2v) is 8.15. The Morgan fingerprint density at radius 1 is 1.18 bits per heavy atom. The fourth-order valence-corrected chi connectivity index (χ4v) is 4.52. The van der Waals surface area contributed by atoms with Crippen LogP contribution in [0, 0.1) is 6.92 Å². The minimum Gasteiger partial charge on any atom is -0.361 e. The molecular formula is C18H18F3N3O3S. The molecule has 0 aliphatic rings. The van der Waals surface area contributed by atoms with E-state index in [1.54, 1.807) is 44.2 Å². The number of benzene rings is 1. The van der Waals surface area contributed by atoms with Gasteiger partial charge in [-0.3, -0.25) is 0 Å². The summed E-state index contributed by atoms with van der Waals surface area (Å²) in [6.07, 6.45) is -3.03. The van der Waals surface area contributed by atoms with Crippen molar-refractivity contribution in [3.63, 3.8) is 0 Å². The predicted molar refractivity (Wildman–Crippen MR) is 95.2 cm³/mol. The third kappa shape index (κ3) is 4.11. The molecule has 3 aromatic rings. The molecule has 0 fully saturated rings. The van der Waals surface area contributed by atoms with Gasteiger partial charge in [-0.05, 0) is 18.9 Å². The zero-order valence-electron chi connectivity index (χ0n) is 15.2. The number of rotatable bonds is 6. The maximum atomic E-state index is 13.2. The largest absolute Gasteiger partial charge is 0.406 e. The van der Waals surface area contributed by atoms with E-state index in [0.29, 0.717) is 33.6 Å². The summed E-state index contributed by atoms with van der Waals surface area (Å²) in [4.78, 5) is 3.84. The summed E-state index contributed by atoms with van der Waals surface area (Å²) < 4.78 is 71.2. The van der Waals surface area contributed by atoms with Gasteiger partial charge in [0.25, 0.3) is 0 Å². The second kappa shape index (κ2) is 7.42. The van der Waals surface area contributed by atoms with E-state index in [1.165, 1.54) is 0 Å². The standard InChI is InChI=1S/C18H18F3N3O3S/c1-3-15-14(12(2)27-23-15)10-28(25,26)17-22-9-16(13-7-5-4-6-8-13)24(17)11-18(19,20)21/h4-9H,3,10-11H2,1-2H3. The Morgan fingerprint density at radius 2 is 1.86 bits per heavy atom. The first-order valence-corrected chi connectivity index (χ1v) is 10.1. The van der Waals surface area contributed by atoms with Crippen molar-refractivity contribution in [1.29, 1.82) is 0 Å². The van der Waals surface area contributed by atoms with E-state index in [4.69, 9.17) is 4.52 Å². The molecule has 2 heterocycles. The van der Waals surface area contributed by atoms with Crippen molar-refractivity contribution in [1.82, 2.24) is 14.7 Å². The van der Waals surface area contributed by atoms with Crippen LogP contribution in [0.15, 0.2) is 46.2 Å². The Bertz CT molecular complexity index is 1070. The summed E-state index contributed by atoms with van der Waals surface area (Å²) in [6.45, 7) is 1.88. The Morgan fingerprint density at radius 3 is 2.46 bits per heavy atom. The van der Waals surface area contributed by atoms with Crippen LogP contribution in [-0.2, 0) is 28.6 Å². The molecule has 0 atom stereocenters. The number of alkyl halides is 3. The average Bonchev–Trinajstić information content (AvgIpc) is 3.18. The highest BCUT2D eigenvalue weighted by Gasteiger charge is 2.34. The molecule has 3 rings (SSSR count). The van der Waals surface area contributed by atoms with Crippen molar-refractivity contribution in [2.75, 3.05) is 0 Å². The lowest BCUT2D eigenvalue weighted by molar-refractivity contribution is -0.141. The molecule has 0 saturated heterocycles. The van der Waals surface area contributed by atoms with Gasteiger partial charge in [-0.2, -0.15) is 13.2 Å². The maximum Gasteiger partial charge on any atom is 0.406 e. The summed E-state index contributed by atoms with van der Waals surface area (Å²) >= 11 is 0. The number of hydrogen-bond donors (Lipinski definition) is 0. The lowest BCUT2D eigenvalue weighted by Gasteiger charge is -2.14. The third-order valence-electron chi connectivity index (χ3n) is 4.24. The molecular weight excluding hydrogens is 395 g/mol. The molecule has 10 heteroatoms. The number of nitrogens with zero attached hydrogens (tertiary/aromatic N) is 3. The van der Waals surface area contributed by atoms with Gasteiger partial charge in [0.1, 0.15) is 12.3 Å². The van der Waals surface area contributed by atoms with Crippen molar-refractivity contribution >= 4 is 9.84 Å². The summed E-state index contributed by atoms with van der Waals surface area (Å²) in [6, 6.07) is 8.22. The van der Waals surface area contributed by atoms with Crippen LogP contribution in [0.4, 0.5) is 13.2 Å². The number of sulfone groups is 1. The minimum absolute atomic E-state index is 0.0780. The highest BCUT2D eigenvalue weighted by atomic mass is 32.2. The van der Waals surface area contributed by atoms with Crippen LogP contribution in [0.25, 0.3) is 11.3 Å². The van der Waals surface area contributed by atoms with E-state index in [0.717, 1.165) is 6.20 Å². The molecule has 0 aliphatic carbocycles. The van der Waals surface area contributed by atoms with Crippen LogP contribution >= 0.6 is 0 Å². The van der Waals surface area contributed by atoms with Crippen molar-refractivity contribution in [2.45, 2.75) is 43.9 Å². The Balaban J connectivity index is 2.10. The minimum atomic E-state index is -4.61. The zero-order valence-corrected chi connectivity index (χ0v) is 16.0. The fraction of sp³-hybridized carbons (Fsp3) is 0.333. The smallest absolute Gasteiger partial charge is 0.361 e. The van der Waals surface area contributed by atoms with E-state index >= 15 is 0 Å². The first kappa shape index (κ1) is 20.1.